The molecule has 3 rings (SSSR count). The highest BCUT2D eigenvalue weighted by Gasteiger charge is 2.23. The maximum Gasteiger partial charge on any atom is 0.354 e. The van der Waals surface area contributed by atoms with Crippen LogP contribution in [-0.4, -0.2) is 27.3 Å². The number of hydrogen-bond donors (Lipinski definition) is 3. The zero-order valence-corrected chi connectivity index (χ0v) is 15.4. The Morgan fingerprint density at radius 2 is 1.93 bits per heavy atom. The number of carbonyl (C=O) groups is 1. The van der Waals surface area contributed by atoms with Crippen molar-refractivity contribution in [2.24, 2.45) is 0 Å². The van der Waals surface area contributed by atoms with E-state index >= 15 is 0 Å². The number of carbonyl (C=O) groups excluding carboxylic acids is 1. The van der Waals surface area contributed by atoms with Crippen molar-refractivity contribution in [2.45, 2.75) is 32.1 Å². The summed E-state index contributed by atoms with van der Waals surface area (Å²) in [5, 5.41) is 14.6. The fourth-order valence-corrected chi connectivity index (χ4v) is 3.02. The SMILES string of the molecule is O=C(NNc1ncnc(NCCC2=CCCCC2)c1[N+](=O)[O-])c1ccccc1. The Hall–Kier alpha value is -3.49. The zero-order valence-electron chi connectivity index (χ0n) is 15.4. The lowest BCUT2D eigenvalue weighted by Crippen LogP contribution is -2.30. The van der Waals surface area contributed by atoms with Crippen molar-refractivity contribution >= 4 is 23.2 Å². The van der Waals surface area contributed by atoms with E-state index in [0.29, 0.717) is 12.1 Å². The molecule has 0 radical (unpaired) electrons. The van der Waals surface area contributed by atoms with Crippen LogP contribution in [0.4, 0.5) is 17.3 Å². The number of benzene rings is 1. The Morgan fingerprint density at radius 3 is 2.64 bits per heavy atom. The Kier molecular flexibility index (Phi) is 6.50. The normalized spacial score (nSPS) is 13.4. The van der Waals surface area contributed by atoms with E-state index in [2.05, 4.69) is 32.2 Å². The molecule has 1 heterocycles. The maximum absolute atomic E-state index is 12.1. The van der Waals surface area contributed by atoms with Crippen molar-refractivity contribution in [3.8, 4) is 0 Å². The van der Waals surface area contributed by atoms with Crippen LogP contribution in [-0.2, 0) is 0 Å². The van der Waals surface area contributed by atoms with Gasteiger partial charge >= 0.3 is 5.69 Å². The molecule has 1 amide bonds. The van der Waals surface area contributed by atoms with Crippen LogP contribution in [0.3, 0.4) is 0 Å². The summed E-state index contributed by atoms with van der Waals surface area (Å²) in [7, 11) is 0. The number of nitrogens with one attached hydrogen (secondary N) is 3. The van der Waals surface area contributed by atoms with Gasteiger partial charge in [0.05, 0.1) is 4.92 Å². The third-order valence-electron chi connectivity index (χ3n) is 4.46. The van der Waals surface area contributed by atoms with E-state index in [1.165, 1.54) is 24.7 Å². The molecule has 0 spiro atoms. The molecular weight excluding hydrogens is 360 g/mol. The number of hydrazine groups is 1. The summed E-state index contributed by atoms with van der Waals surface area (Å²) in [5.74, 6) is -0.385. The minimum atomic E-state index is -0.570. The Bertz CT molecular complexity index is 869. The molecular formula is C19H22N6O3. The predicted molar refractivity (Wildman–Crippen MR) is 106 cm³/mol. The summed E-state index contributed by atoms with van der Waals surface area (Å²) in [5.41, 5.74) is 6.43. The van der Waals surface area contributed by atoms with Crippen LogP contribution in [0.1, 0.15) is 42.5 Å². The third kappa shape index (κ3) is 5.03. The van der Waals surface area contributed by atoms with Crippen molar-refractivity contribution in [3.05, 3.63) is 64.0 Å². The Labute approximate surface area is 162 Å². The number of nitro groups is 1. The van der Waals surface area contributed by atoms with Crippen molar-refractivity contribution in [1.82, 2.24) is 15.4 Å². The number of allylic oxidation sites excluding steroid dienone is 1. The number of rotatable bonds is 8. The van der Waals surface area contributed by atoms with E-state index < -0.39 is 10.8 Å². The summed E-state index contributed by atoms with van der Waals surface area (Å²) in [6.07, 6.45) is 8.85. The Morgan fingerprint density at radius 1 is 1.14 bits per heavy atom. The number of aromatic nitrogens is 2. The van der Waals surface area contributed by atoms with Gasteiger partial charge in [-0.2, -0.15) is 0 Å². The van der Waals surface area contributed by atoms with Crippen molar-refractivity contribution < 1.29 is 9.72 Å². The number of amides is 1. The van der Waals surface area contributed by atoms with Gasteiger partial charge in [-0.3, -0.25) is 25.8 Å². The summed E-state index contributed by atoms with van der Waals surface area (Å²) in [6, 6.07) is 8.52. The molecule has 1 aliphatic rings. The van der Waals surface area contributed by atoms with E-state index in [1.54, 1.807) is 30.3 Å². The standard InChI is InChI=1S/C19H22N6O3/c26-19(15-9-5-2-6-10-15)24-23-18-16(25(27)28)17(21-13-22-18)20-12-11-14-7-3-1-4-8-14/h2,5-7,9-10,13H,1,3-4,8,11-12H2,(H,24,26)(H2,20,21,22,23). The van der Waals surface area contributed by atoms with Crippen LogP contribution < -0.4 is 16.2 Å². The van der Waals surface area contributed by atoms with Crippen molar-refractivity contribution in [2.75, 3.05) is 17.3 Å². The van der Waals surface area contributed by atoms with Crippen LogP contribution in [0.2, 0.25) is 0 Å². The molecule has 1 aromatic carbocycles. The first kappa shape index (κ1) is 19.3. The molecule has 1 aromatic heterocycles. The van der Waals surface area contributed by atoms with Gasteiger partial charge in [0.2, 0.25) is 11.6 Å². The lowest BCUT2D eigenvalue weighted by molar-refractivity contribution is -0.383. The van der Waals surface area contributed by atoms with Crippen LogP contribution in [0, 0.1) is 10.1 Å². The molecule has 1 aliphatic carbocycles. The minimum Gasteiger partial charge on any atom is -0.364 e. The topological polar surface area (TPSA) is 122 Å². The molecule has 0 fully saturated rings. The summed E-state index contributed by atoms with van der Waals surface area (Å²) < 4.78 is 0. The van der Waals surface area contributed by atoms with Gasteiger partial charge in [0.15, 0.2) is 0 Å². The average Bonchev–Trinajstić information content (AvgIpc) is 2.73. The van der Waals surface area contributed by atoms with Crippen LogP contribution in [0.15, 0.2) is 48.3 Å². The van der Waals surface area contributed by atoms with E-state index in [4.69, 9.17) is 0 Å². The molecule has 0 saturated carbocycles. The third-order valence-corrected chi connectivity index (χ3v) is 4.46. The fourth-order valence-electron chi connectivity index (χ4n) is 3.02. The number of nitrogens with zero attached hydrogens (tertiary/aromatic N) is 3. The van der Waals surface area contributed by atoms with Gasteiger partial charge in [-0.25, -0.2) is 9.97 Å². The first-order valence-electron chi connectivity index (χ1n) is 9.17. The van der Waals surface area contributed by atoms with Crippen molar-refractivity contribution in [3.63, 3.8) is 0 Å². The molecule has 0 saturated heterocycles. The summed E-state index contributed by atoms with van der Waals surface area (Å²) in [6.45, 7) is 0.541. The second-order valence-electron chi connectivity index (χ2n) is 6.41. The fraction of sp³-hybridized carbons (Fsp3) is 0.316. The Balaban J connectivity index is 1.66. The van der Waals surface area contributed by atoms with Gasteiger partial charge in [-0.05, 0) is 44.2 Å². The molecule has 0 atom stereocenters. The highest BCUT2D eigenvalue weighted by Crippen LogP contribution is 2.28. The minimum absolute atomic E-state index is 0.0799. The number of anilines is 2. The second kappa shape index (κ2) is 9.45. The van der Waals surface area contributed by atoms with Gasteiger partial charge in [0.1, 0.15) is 6.33 Å². The van der Waals surface area contributed by atoms with Gasteiger partial charge in [-0.1, -0.05) is 29.8 Å². The molecule has 3 N–H and O–H groups in total. The van der Waals surface area contributed by atoms with Crippen LogP contribution in [0.25, 0.3) is 0 Å². The van der Waals surface area contributed by atoms with E-state index in [0.717, 1.165) is 19.3 Å². The molecule has 0 aliphatic heterocycles. The molecule has 0 bridgehead atoms. The summed E-state index contributed by atoms with van der Waals surface area (Å²) in [4.78, 5) is 31.0. The predicted octanol–water partition coefficient (Wildman–Crippen LogP) is 3.44. The highest BCUT2D eigenvalue weighted by atomic mass is 16.6. The van der Waals surface area contributed by atoms with Gasteiger partial charge in [0.25, 0.3) is 5.91 Å². The monoisotopic (exact) mass is 382 g/mol. The van der Waals surface area contributed by atoms with E-state index in [1.807, 2.05) is 0 Å². The number of hydrogen-bond acceptors (Lipinski definition) is 7. The molecule has 9 heteroatoms. The molecule has 146 valence electrons. The maximum atomic E-state index is 12.1. The van der Waals surface area contributed by atoms with Crippen LogP contribution >= 0.6 is 0 Å². The largest absolute Gasteiger partial charge is 0.364 e. The van der Waals surface area contributed by atoms with Gasteiger partial charge in [-0.15, -0.1) is 0 Å². The van der Waals surface area contributed by atoms with Crippen LogP contribution in [0.5, 0.6) is 0 Å². The summed E-state index contributed by atoms with van der Waals surface area (Å²) >= 11 is 0. The van der Waals surface area contributed by atoms with E-state index in [-0.39, 0.29) is 17.3 Å². The molecule has 0 unspecified atom stereocenters. The first-order valence-corrected chi connectivity index (χ1v) is 9.17. The molecule has 2 aromatic rings. The van der Waals surface area contributed by atoms with Crippen molar-refractivity contribution in [1.29, 1.82) is 0 Å². The molecule has 28 heavy (non-hydrogen) atoms. The first-order chi connectivity index (χ1) is 13.6. The zero-order chi connectivity index (χ0) is 19.8. The highest BCUT2D eigenvalue weighted by molar-refractivity contribution is 5.95. The lowest BCUT2D eigenvalue weighted by atomic mass is 9.97. The van der Waals surface area contributed by atoms with E-state index in [9.17, 15) is 14.9 Å². The smallest absolute Gasteiger partial charge is 0.354 e. The second-order valence-corrected chi connectivity index (χ2v) is 6.41. The quantitative estimate of drug-likeness (QED) is 0.363. The van der Waals surface area contributed by atoms with Gasteiger partial charge < -0.3 is 5.32 Å². The van der Waals surface area contributed by atoms with Gasteiger partial charge in [0, 0.05) is 12.1 Å². The lowest BCUT2D eigenvalue weighted by Gasteiger charge is -2.14. The molecule has 9 nitrogen and oxygen atoms in total. The average molecular weight is 382 g/mol.